The molecule has 1 unspecified atom stereocenters. The zero-order valence-electron chi connectivity index (χ0n) is 11.4. The lowest BCUT2D eigenvalue weighted by Crippen LogP contribution is -2.31. The molecule has 2 amide bonds. The van der Waals surface area contributed by atoms with E-state index < -0.39 is 0 Å². The van der Waals surface area contributed by atoms with Gasteiger partial charge in [-0.25, -0.2) is 4.79 Å². The Balaban J connectivity index is 2.03. The van der Waals surface area contributed by atoms with Gasteiger partial charge in [-0.05, 0) is 37.7 Å². The number of nitrogens with one attached hydrogen (secondary N) is 1. The highest BCUT2D eigenvalue weighted by atomic mass is 79.9. The van der Waals surface area contributed by atoms with E-state index in [-0.39, 0.29) is 12.1 Å². The van der Waals surface area contributed by atoms with E-state index in [2.05, 4.69) is 33.4 Å². The Hall–Kier alpha value is -1.07. The summed E-state index contributed by atoms with van der Waals surface area (Å²) >= 11 is 3.44. The molecule has 4 nitrogen and oxygen atoms in total. The molecule has 1 aromatic rings. The van der Waals surface area contributed by atoms with Crippen LogP contribution in [0.2, 0.25) is 0 Å². The minimum Gasteiger partial charge on any atom is -0.322 e. The highest BCUT2D eigenvalue weighted by molar-refractivity contribution is 9.10. The van der Waals surface area contributed by atoms with Crippen molar-refractivity contribution in [2.24, 2.45) is 0 Å². The number of carbonyl (C=O) groups is 1. The third kappa shape index (κ3) is 3.28. The fourth-order valence-electron chi connectivity index (χ4n) is 2.41. The smallest absolute Gasteiger partial charge is 0.320 e. The van der Waals surface area contributed by atoms with Gasteiger partial charge >= 0.3 is 6.03 Å². The predicted octanol–water partition coefficient (Wildman–Crippen LogP) is 2.47. The Morgan fingerprint density at radius 2 is 2.05 bits per heavy atom. The van der Waals surface area contributed by atoms with Crippen molar-refractivity contribution in [2.45, 2.75) is 12.5 Å². The fourth-order valence-corrected chi connectivity index (χ4v) is 2.68. The number of carbonyl (C=O) groups excluding carboxylic acids is 1. The van der Waals surface area contributed by atoms with E-state index in [9.17, 15) is 4.79 Å². The Kier molecular flexibility index (Phi) is 4.82. The molecule has 1 N–H and O–H groups in total. The first-order chi connectivity index (χ1) is 9.13. The van der Waals surface area contributed by atoms with E-state index in [1.54, 1.807) is 0 Å². The van der Waals surface area contributed by atoms with Crippen LogP contribution in [0.1, 0.15) is 18.0 Å². The molecule has 2 rings (SSSR count). The average Bonchev–Trinajstić information content (AvgIpc) is 2.69. The van der Waals surface area contributed by atoms with Gasteiger partial charge in [0.1, 0.15) is 0 Å². The van der Waals surface area contributed by atoms with Crippen molar-refractivity contribution < 1.29 is 4.79 Å². The standard InChI is InChI=1S/C14H20BrN3O/c1-16-8-3-9-18-10-13(17(2)14(18)19)11-4-6-12(15)7-5-11/h4-7,13,16H,3,8-10H2,1-2H3. The SMILES string of the molecule is CNCCCN1CC(c2ccc(Br)cc2)N(C)C1=O. The van der Waals surface area contributed by atoms with Crippen molar-refractivity contribution in [1.82, 2.24) is 15.1 Å². The van der Waals surface area contributed by atoms with Gasteiger partial charge in [0.25, 0.3) is 0 Å². The van der Waals surface area contributed by atoms with Crippen LogP contribution in [0.5, 0.6) is 0 Å². The van der Waals surface area contributed by atoms with Crippen molar-refractivity contribution >= 4 is 22.0 Å². The first kappa shape index (κ1) is 14.3. The first-order valence-electron chi connectivity index (χ1n) is 6.55. The monoisotopic (exact) mass is 325 g/mol. The number of halogens is 1. The van der Waals surface area contributed by atoms with Crippen LogP contribution in [0, 0.1) is 0 Å². The van der Waals surface area contributed by atoms with Gasteiger partial charge in [0.2, 0.25) is 0 Å². The molecule has 5 heteroatoms. The summed E-state index contributed by atoms with van der Waals surface area (Å²) in [5.41, 5.74) is 1.19. The van der Waals surface area contributed by atoms with E-state index in [0.717, 1.165) is 30.5 Å². The van der Waals surface area contributed by atoms with Crippen LogP contribution in [0.25, 0.3) is 0 Å². The number of hydrogen-bond donors (Lipinski definition) is 1. The topological polar surface area (TPSA) is 35.6 Å². The third-order valence-corrected chi connectivity index (χ3v) is 4.07. The van der Waals surface area contributed by atoms with Crippen molar-refractivity contribution in [2.75, 3.05) is 33.7 Å². The molecule has 19 heavy (non-hydrogen) atoms. The van der Waals surface area contributed by atoms with Gasteiger partial charge in [-0.1, -0.05) is 28.1 Å². The molecular weight excluding hydrogens is 306 g/mol. The third-order valence-electron chi connectivity index (χ3n) is 3.54. The van der Waals surface area contributed by atoms with Gasteiger partial charge in [-0.15, -0.1) is 0 Å². The summed E-state index contributed by atoms with van der Waals surface area (Å²) in [6, 6.07) is 8.50. The van der Waals surface area contributed by atoms with Gasteiger partial charge in [0, 0.05) is 24.6 Å². The molecule has 0 spiro atoms. The molecule has 1 fully saturated rings. The number of urea groups is 1. The minimum atomic E-state index is 0.129. The van der Waals surface area contributed by atoms with Crippen molar-refractivity contribution in [3.05, 3.63) is 34.3 Å². The molecule has 1 heterocycles. The lowest BCUT2D eigenvalue weighted by Gasteiger charge is -2.18. The Labute approximate surface area is 122 Å². The number of rotatable bonds is 5. The summed E-state index contributed by atoms with van der Waals surface area (Å²) in [6.45, 7) is 2.54. The van der Waals surface area contributed by atoms with Crippen LogP contribution in [-0.4, -0.2) is 49.6 Å². The number of likely N-dealkylation sites (N-methyl/N-ethyl adjacent to an activating group) is 1. The maximum atomic E-state index is 12.2. The van der Waals surface area contributed by atoms with Crippen molar-refractivity contribution in [1.29, 1.82) is 0 Å². The molecular formula is C14H20BrN3O. The summed E-state index contributed by atoms with van der Waals surface area (Å²) < 4.78 is 1.06. The lowest BCUT2D eigenvalue weighted by molar-refractivity contribution is 0.195. The highest BCUT2D eigenvalue weighted by Gasteiger charge is 2.34. The van der Waals surface area contributed by atoms with Crippen LogP contribution in [-0.2, 0) is 0 Å². The minimum absolute atomic E-state index is 0.129. The van der Waals surface area contributed by atoms with Crippen LogP contribution in [0.15, 0.2) is 28.7 Å². The molecule has 104 valence electrons. The summed E-state index contributed by atoms with van der Waals surface area (Å²) in [5, 5.41) is 3.11. The van der Waals surface area contributed by atoms with Crippen molar-refractivity contribution in [3.8, 4) is 0 Å². The normalized spacial score (nSPS) is 19.3. The van der Waals surface area contributed by atoms with Gasteiger partial charge in [0.05, 0.1) is 6.04 Å². The average molecular weight is 326 g/mol. The van der Waals surface area contributed by atoms with Gasteiger partial charge in [-0.2, -0.15) is 0 Å². The Morgan fingerprint density at radius 1 is 1.37 bits per heavy atom. The van der Waals surface area contributed by atoms with Crippen LogP contribution in [0.4, 0.5) is 4.79 Å². The van der Waals surface area contributed by atoms with Crippen molar-refractivity contribution in [3.63, 3.8) is 0 Å². The molecule has 0 aromatic heterocycles. The molecule has 0 aliphatic carbocycles. The molecule has 0 radical (unpaired) electrons. The summed E-state index contributed by atoms with van der Waals surface area (Å²) in [7, 11) is 3.82. The second-order valence-corrected chi connectivity index (χ2v) is 5.78. The summed E-state index contributed by atoms with van der Waals surface area (Å²) in [5.74, 6) is 0. The number of hydrogen-bond acceptors (Lipinski definition) is 2. The summed E-state index contributed by atoms with van der Waals surface area (Å²) in [6.07, 6.45) is 0.989. The number of benzene rings is 1. The van der Waals surface area contributed by atoms with Gasteiger partial charge in [0.15, 0.2) is 0 Å². The summed E-state index contributed by atoms with van der Waals surface area (Å²) in [4.78, 5) is 15.9. The Bertz CT molecular complexity index is 435. The van der Waals surface area contributed by atoms with E-state index in [0.29, 0.717) is 0 Å². The molecule has 1 aliphatic rings. The van der Waals surface area contributed by atoms with Gasteiger partial charge < -0.3 is 15.1 Å². The molecule has 1 atom stereocenters. The highest BCUT2D eigenvalue weighted by Crippen LogP contribution is 2.28. The number of nitrogens with zero attached hydrogens (tertiary/aromatic N) is 2. The van der Waals surface area contributed by atoms with E-state index in [4.69, 9.17) is 0 Å². The zero-order valence-corrected chi connectivity index (χ0v) is 13.0. The maximum absolute atomic E-state index is 12.2. The van der Waals surface area contributed by atoms with E-state index >= 15 is 0 Å². The van der Waals surface area contributed by atoms with E-state index in [1.807, 2.05) is 36.0 Å². The molecule has 0 bridgehead atoms. The van der Waals surface area contributed by atoms with Crippen LogP contribution in [0.3, 0.4) is 0 Å². The molecule has 1 aliphatic heterocycles. The maximum Gasteiger partial charge on any atom is 0.320 e. The molecule has 1 saturated heterocycles. The van der Waals surface area contributed by atoms with Gasteiger partial charge in [-0.3, -0.25) is 0 Å². The van der Waals surface area contributed by atoms with E-state index in [1.165, 1.54) is 5.56 Å². The second kappa shape index (κ2) is 6.39. The van der Waals surface area contributed by atoms with Crippen LogP contribution >= 0.6 is 15.9 Å². The lowest BCUT2D eigenvalue weighted by atomic mass is 10.1. The Morgan fingerprint density at radius 3 is 2.68 bits per heavy atom. The van der Waals surface area contributed by atoms with Crippen LogP contribution < -0.4 is 5.32 Å². The predicted molar refractivity (Wildman–Crippen MR) is 80.2 cm³/mol. The quantitative estimate of drug-likeness (QED) is 0.844. The number of amides is 2. The molecule has 1 aromatic carbocycles. The fraction of sp³-hybridized carbons (Fsp3) is 0.500. The largest absolute Gasteiger partial charge is 0.322 e. The molecule has 0 saturated carbocycles. The second-order valence-electron chi connectivity index (χ2n) is 4.86. The first-order valence-corrected chi connectivity index (χ1v) is 7.34. The zero-order chi connectivity index (χ0) is 13.8.